The van der Waals surface area contributed by atoms with E-state index in [0.717, 1.165) is 19.4 Å². The molecule has 3 nitrogen and oxygen atoms in total. The van der Waals surface area contributed by atoms with Gasteiger partial charge in [0.05, 0.1) is 19.8 Å². The zero-order valence-corrected chi connectivity index (χ0v) is 14.2. The topological polar surface area (TPSA) is 35.5 Å². The first-order valence-corrected chi connectivity index (χ1v) is 8.60. The molecule has 0 spiro atoms. The summed E-state index contributed by atoms with van der Waals surface area (Å²) in [6.07, 6.45) is 5.51. The summed E-state index contributed by atoms with van der Waals surface area (Å²) in [6.45, 7) is 11.6. The van der Waals surface area contributed by atoms with Crippen molar-refractivity contribution in [2.24, 2.45) is 22.7 Å². The first-order chi connectivity index (χ1) is 9.92. The van der Waals surface area contributed by atoms with Crippen LogP contribution in [0.3, 0.4) is 0 Å². The fourth-order valence-corrected chi connectivity index (χ4v) is 4.88. The molecule has 3 unspecified atom stereocenters. The van der Waals surface area contributed by atoms with Gasteiger partial charge in [0.25, 0.3) is 0 Å². The molecule has 2 aliphatic rings. The third kappa shape index (κ3) is 3.50. The average molecular weight is 296 g/mol. The first-order valence-electron chi connectivity index (χ1n) is 8.60. The molecule has 2 fully saturated rings. The lowest BCUT2D eigenvalue weighted by Gasteiger charge is -2.56. The molecule has 0 aromatic heterocycles. The Balaban J connectivity index is 2.02. The van der Waals surface area contributed by atoms with Gasteiger partial charge in [0.2, 0.25) is 0 Å². The van der Waals surface area contributed by atoms with Crippen LogP contribution in [0.2, 0.25) is 0 Å². The van der Waals surface area contributed by atoms with Crippen LogP contribution in [-0.4, -0.2) is 32.2 Å². The highest BCUT2D eigenvalue weighted by molar-refractivity contribution is 5.83. The van der Waals surface area contributed by atoms with E-state index in [1.165, 1.54) is 19.3 Å². The highest BCUT2D eigenvalue weighted by atomic mass is 16.5. The molecular weight excluding hydrogens is 264 g/mol. The van der Waals surface area contributed by atoms with Crippen molar-refractivity contribution in [3.05, 3.63) is 0 Å². The van der Waals surface area contributed by atoms with Crippen molar-refractivity contribution in [3.8, 4) is 0 Å². The second-order valence-corrected chi connectivity index (χ2v) is 7.73. The van der Waals surface area contributed by atoms with Gasteiger partial charge in [-0.1, -0.05) is 27.2 Å². The predicted molar refractivity (Wildman–Crippen MR) is 84.3 cm³/mol. The third-order valence-corrected chi connectivity index (χ3v) is 6.00. The van der Waals surface area contributed by atoms with E-state index < -0.39 is 0 Å². The first kappa shape index (κ1) is 17.0. The summed E-state index contributed by atoms with van der Waals surface area (Å²) in [6, 6.07) is 0. The SMILES string of the molecule is CCOCCOCC1C(=O)CCC2C(C)(C)CCCC12C. The molecule has 2 rings (SSSR count). The van der Waals surface area contributed by atoms with Gasteiger partial charge in [-0.25, -0.2) is 0 Å². The molecule has 0 aromatic rings. The lowest BCUT2D eigenvalue weighted by molar-refractivity contribution is -0.149. The molecule has 0 aromatic carbocycles. The molecular formula is C18H32O3. The molecule has 0 saturated heterocycles. The second kappa shape index (κ2) is 6.78. The zero-order chi connectivity index (χ0) is 15.5. The molecule has 0 amide bonds. The van der Waals surface area contributed by atoms with Crippen molar-refractivity contribution < 1.29 is 14.3 Å². The number of Topliss-reactive ketones (excluding diaryl/α,β-unsaturated/α-hetero) is 1. The van der Waals surface area contributed by atoms with Crippen LogP contribution >= 0.6 is 0 Å². The molecule has 3 atom stereocenters. The van der Waals surface area contributed by atoms with Gasteiger partial charge in [0.1, 0.15) is 5.78 Å². The van der Waals surface area contributed by atoms with Crippen LogP contribution in [0.1, 0.15) is 59.8 Å². The summed E-state index contributed by atoms with van der Waals surface area (Å²) >= 11 is 0. The molecule has 3 heteroatoms. The fraction of sp³-hybridized carbons (Fsp3) is 0.944. The van der Waals surface area contributed by atoms with E-state index in [9.17, 15) is 4.79 Å². The maximum absolute atomic E-state index is 12.5. The molecule has 0 bridgehead atoms. The van der Waals surface area contributed by atoms with Gasteiger partial charge in [-0.3, -0.25) is 4.79 Å². The average Bonchev–Trinajstić information content (AvgIpc) is 2.40. The Bertz CT molecular complexity index is 363. The molecule has 0 aliphatic heterocycles. The Morgan fingerprint density at radius 3 is 2.57 bits per heavy atom. The molecule has 21 heavy (non-hydrogen) atoms. The van der Waals surface area contributed by atoms with Gasteiger partial charge < -0.3 is 9.47 Å². The number of fused-ring (bicyclic) bond motifs is 1. The zero-order valence-electron chi connectivity index (χ0n) is 14.2. The maximum Gasteiger partial charge on any atom is 0.138 e. The van der Waals surface area contributed by atoms with Gasteiger partial charge in [0, 0.05) is 18.9 Å². The number of carbonyl (C=O) groups is 1. The van der Waals surface area contributed by atoms with Crippen LogP contribution in [0.5, 0.6) is 0 Å². The monoisotopic (exact) mass is 296 g/mol. The van der Waals surface area contributed by atoms with Crippen LogP contribution in [0.15, 0.2) is 0 Å². The third-order valence-electron chi connectivity index (χ3n) is 6.00. The molecule has 0 heterocycles. The number of hydrogen-bond donors (Lipinski definition) is 0. The Morgan fingerprint density at radius 2 is 1.86 bits per heavy atom. The largest absolute Gasteiger partial charge is 0.379 e. The van der Waals surface area contributed by atoms with Gasteiger partial charge in [-0.05, 0) is 42.9 Å². The Labute approximate surface area is 129 Å². The van der Waals surface area contributed by atoms with Crippen molar-refractivity contribution in [1.29, 1.82) is 0 Å². The van der Waals surface area contributed by atoms with Crippen molar-refractivity contribution in [3.63, 3.8) is 0 Å². The molecule has 0 radical (unpaired) electrons. The lowest BCUT2D eigenvalue weighted by Crippen LogP contribution is -2.53. The van der Waals surface area contributed by atoms with Crippen molar-refractivity contribution in [2.45, 2.75) is 59.8 Å². The van der Waals surface area contributed by atoms with E-state index in [1.54, 1.807) is 0 Å². The molecule has 122 valence electrons. The van der Waals surface area contributed by atoms with Crippen molar-refractivity contribution >= 4 is 5.78 Å². The summed E-state index contributed by atoms with van der Waals surface area (Å²) in [7, 11) is 0. The van der Waals surface area contributed by atoms with Gasteiger partial charge in [-0.15, -0.1) is 0 Å². The van der Waals surface area contributed by atoms with Crippen LogP contribution in [0, 0.1) is 22.7 Å². The van der Waals surface area contributed by atoms with Crippen molar-refractivity contribution in [2.75, 3.05) is 26.4 Å². The Kier molecular flexibility index (Phi) is 5.48. The number of ketones is 1. The highest BCUT2D eigenvalue weighted by Crippen LogP contribution is 2.58. The smallest absolute Gasteiger partial charge is 0.138 e. The van der Waals surface area contributed by atoms with Gasteiger partial charge in [-0.2, -0.15) is 0 Å². The van der Waals surface area contributed by atoms with E-state index in [2.05, 4.69) is 20.8 Å². The molecule has 0 N–H and O–H groups in total. The second-order valence-electron chi connectivity index (χ2n) is 7.73. The summed E-state index contributed by atoms with van der Waals surface area (Å²) < 4.78 is 11.1. The van der Waals surface area contributed by atoms with E-state index in [0.29, 0.717) is 36.9 Å². The number of rotatable bonds is 6. The normalized spacial score (nSPS) is 35.5. The predicted octanol–water partition coefficient (Wildman–Crippen LogP) is 3.85. The van der Waals surface area contributed by atoms with Crippen LogP contribution in [-0.2, 0) is 14.3 Å². The minimum Gasteiger partial charge on any atom is -0.379 e. The van der Waals surface area contributed by atoms with E-state index in [-0.39, 0.29) is 11.3 Å². The highest BCUT2D eigenvalue weighted by Gasteiger charge is 2.54. The number of carbonyl (C=O) groups excluding carboxylic acids is 1. The number of ether oxygens (including phenoxy) is 2. The minimum absolute atomic E-state index is 0.0810. The van der Waals surface area contributed by atoms with E-state index in [1.807, 2.05) is 6.92 Å². The summed E-state index contributed by atoms with van der Waals surface area (Å²) in [5.74, 6) is 1.15. The quantitative estimate of drug-likeness (QED) is 0.698. The van der Waals surface area contributed by atoms with Gasteiger partial charge in [0.15, 0.2) is 0 Å². The fourth-order valence-electron chi connectivity index (χ4n) is 4.88. The maximum atomic E-state index is 12.5. The Morgan fingerprint density at radius 1 is 1.14 bits per heavy atom. The van der Waals surface area contributed by atoms with Crippen LogP contribution in [0.25, 0.3) is 0 Å². The summed E-state index contributed by atoms with van der Waals surface area (Å²) in [4.78, 5) is 12.5. The number of hydrogen-bond acceptors (Lipinski definition) is 3. The molecule has 2 saturated carbocycles. The van der Waals surface area contributed by atoms with Crippen LogP contribution < -0.4 is 0 Å². The standard InChI is InChI=1S/C18H32O3/c1-5-20-11-12-21-13-14-15(19)7-8-16-17(2,3)9-6-10-18(14,16)4/h14,16H,5-13H2,1-4H3. The van der Waals surface area contributed by atoms with Crippen molar-refractivity contribution in [1.82, 2.24) is 0 Å². The summed E-state index contributed by atoms with van der Waals surface area (Å²) in [5.41, 5.74) is 0.486. The minimum atomic E-state index is 0.0810. The summed E-state index contributed by atoms with van der Waals surface area (Å²) in [5, 5.41) is 0. The lowest BCUT2D eigenvalue weighted by atomic mass is 9.48. The van der Waals surface area contributed by atoms with E-state index in [4.69, 9.17) is 9.47 Å². The van der Waals surface area contributed by atoms with Crippen LogP contribution in [0.4, 0.5) is 0 Å². The molecule has 2 aliphatic carbocycles. The Hall–Kier alpha value is -0.410. The van der Waals surface area contributed by atoms with E-state index >= 15 is 0 Å². The van der Waals surface area contributed by atoms with Gasteiger partial charge >= 0.3 is 0 Å².